The molecule has 3 unspecified atom stereocenters. The van der Waals surface area contributed by atoms with Crippen molar-refractivity contribution in [1.29, 1.82) is 0 Å². The highest BCUT2D eigenvalue weighted by Gasteiger charge is 2.41. The molecule has 0 saturated heterocycles. The molecule has 0 amide bonds. The molecule has 2 fully saturated rings. The average Bonchev–Trinajstić information content (AvgIpc) is 2.74. The minimum absolute atomic E-state index is 0.255. The monoisotopic (exact) mass is 265 g/mol. The van der Waals surface area contributed by atoms with Crippen molar-refractivity contribution >= 4 is 5.97 Å². The number of carbonyl (C=O) groups is 1. The van der Waals surface area contributed by atoms with Gasteiger partial charge in [-0.25, -0.2) is 0 Å². The van der Waals surface area contributed by atoms with Gasteiger partial charge < -0.3 is 5.11 Å². The Hall–Kier alpha value is -0.780. The third kappa shape index (κ3) is 3.60. The SMILES string of the molecule is O=C(O)CN(CC1CC2CCC1C2)CC(F)(F)F. The molecule has 2 aliphatic rings. The summed E-state index contributed by atoms with van der Waals surface area (Å²) in [5.41, 5.74) is 0. The predicted molar refractivity (Wildman–Crippen MR) is 59.1 cm³/mol. The van der Waals surface area contributed by atoms with E-state index in [1.165, 1.54) is 6.42 Å². The molecule has 2 saturated carbocycles. The largest absolute Gasteiger partial charge is 0.480 e. The van der Waals surface area contributed by atoms with Crippen LogP contribution in [0.25, 0.3) is 0 Å². The number of carboxylic acids is 1. The number of rotatable bonds is 5. The van der Waals surface area contributed by atoms with Gasteiger partial charge in [-0.1, -0.05) is 6.42 Å². The maximum Gasteiger partial charge on any atom is 0.401 e. The minimum Gasteiger partial charge on any atom is -0.480 e. The summed E-state index contributed by atoms with van der Waals surface area (Å²) >= 11 is 0. The normalized spacial score (nSPS) is 31.2. The highest BCUT2D eigenvalue weighted by molar-refractivity contribution is 5.69. The number of nitrogens with zero attached hydrogens (tertiary/aromatic N) is 1. The van der Waals surface area contributed by atoms with Gasteiger partial charge in [-0.2, -0.15) is 13.2 Å². The molecule has 6 heteroatoms. The van der Waals surface area contributed by atoms with E-state index in [0.717, 1.165) is 24.2 Å². The first kappa shape index (κ1) is 13.6. The van der Waals surface area contributed by atoms with Crippen LogP contribution in [0.4, 0.5) is 13.2 Å². The smallest absolute Gasteiger partial charge is 0.401 e. The molecule has 1 N–H and O–H groups in total. The lowest BCUT2D eigenvalue weighted by atomic mass is 9.88. The van der Waals surface area contributed by atoms with Gasteiger partial charge in [0.2, 0.25) is 0 Å². The summed E-state index contributed by atoms with van der Waals surface area (Å²) in [5, 5.41) is 8.68. The second kappa shape index (κ2) is 5.07. The number of hydrogen-bond donors (Lipinski definition) is 1. The lowest BCUT2D eigenvalue weighted by Gasteiger charge is -2.29. The summed E-state index contributed by atoms with van der Waals surface area (Å²) in [6, 6.07) is 0. The Morgan fingerprint density at radius 2 is 2.00 bits per heavy atom. The van der Waals surface area contributed by atoms with E-state index < -0.39 is 25.2 Å². The van der Waals surface area contributed by atoms with E-state index in [4.69, 9.17) is 5.11 Å². The summed E-state index contributed by atoms with van der Waals surface area (Å²) in [6.45, 7) is -1.37. The molecular formula is C12H18F3NO2. The molecule has 3 nitrogen and oxygen atoms in total. The highest BCUT2D eigenvalue weighted by atomic mass is 19.4. The maximum absolute atomic E-state index is 12.4. The fourth-order valence-corrected chi connectivity index (χ4v) is 3.56. The van der Waals surface area contributed by atoms with Crippen LogP contribution in [0.3, 0.4) is 0 Å². The zero-order chi connectivity index (χ0) is 13.3. The van der Waals surface area contributed by atoms with Gasteiger partial charge in [0.05, 0.1) is 13.1 Å². The molecule has 2 bridgehead atoms. The Labute approximate surface area is 104 Å². The number of aliphatic carboxylic acids is 1. The van der Waals surface area contributed by atoms with Gasteiger partial charge in [0.1, 0.15) is 0 Å². The minimum atomic E-state index is -4.33. The lowest BCUT2D eigenvalue weighted by Crippen LogP contribution is -2.41. The molecule has 2 rings (SSSR count). The van der Waals surface area contributed by atoms with Gasteiger partial charge in [-0.3, -0.25) is 9.69 Å². The van der Waals surface area contributed by atoms with Crippen LogP contribution in [0.15, 0.2) is 0 Å². The first-order valence-electron chi connectivity index (χ1n) is 6.34. The first-order valence-corrected chi connectivity index (χ1v) is 6.34. The van der Waals surface area contributed by atoms with E-state index >= 15 is 0 Å². The molecule has 0 spiro atoms. The Bertz CT molecular complexity index is 319. The van der Waals surface area contributed by atoms with Crippen LogP contribution in [-0.4, -0.2) is 41.8 Å². The van der Waals surface area contributed by atoms with Gasteiger partial charge in [0.25, 0.3) is 0 Å². The number of halogens is 3. The molecule has 18 heavy (non-hydrogen) atoms. The zero-order valence-electron chi connectivity index (χ0n) is 10.1. The molecule has 0 heterocycles. The number of carboxylic acid groups (broad SMARTS) is 1. The van der Waals surface area contributed by atoms with Crippen molar-refractivity contribution in [2.24, 2.45) is 17.8 Å². The maximum atomic E-state index is 12.4. The van der Waals surface area contributed by atoms with Crippen LogP contribution < -0.4 is 0 Å². The summed E-state index contributed by atoms with van der Waals surface area (Å²) in [5.74, 6) is 0.241. The van der Waals surface area contributed by atoms with Gasteiger partial charge in [-0.05, 0) is 37.0 Å². The van der Waals surface area contributed by atoms with Crippen molar-refractivity contribution in [3.8, 4) is 0 Å². The van der Waals surface area contributed by atoms with Crippen molar-refractivity contribution in [3.05, 3.63) is 0 Å². The standard InChI is InChI=1S/C12H18F3NO2/c13-12(14,15)7-16(6-11(17)18)5-10-4-8-1-2-9(10)3-8/h8-10H,1-7H2,(H,17,18). The molecule has 3 atom stereocenters. The quantitative estimate of drug-likeness (QED) is 0.829. The van der Waals surface area contributed by atoms with Crippen molar-refractivity contribution < 1.29 is 23.1 Å². The molecule has 0 aliphatic heterocycles. The van der Waals surface area contributed by atoms with E-state index in [1.54, 1.807) is 0 Å². The summed E-state index contributed by atoms with van der Waals surface area (Å²) in [7, 11) is 0. The molecule has 0 radical (unpaired) electrons. The van der Waals surface area contributed by atoms with Gasteiger partial charge in [0, 0.05) is 6.54 Å². The Balaban J connectivity index is 1.90. The molecule has 0 aromatic rings. The number of hydrogen-bond acceptors (Lipinski definition) is 2. The lowest BCUT2D eigenvalue weighted by molar-refractivity contribution is -0.155. The van der Waals surface area contributed by atoms with Crippen molar-refractivity contribution in [2.75, 3.05) is 19.6 Å². The average molecular weight is 265 g/mol. The first-order chi connectivity index (χ1) is 8.33. The fraction of sp³-hybridized carbons (Fsp3) is 0.917. The van der Waals surface area contributed by atoms with Gasteiger partial charge in [0.15, 0.2) is 0 Å². The fourth-order valence-electron chi connectivity index (χ4n) is 3.56. The summed E-state index contributed by atoms with van der Waals surface area (Å²) in [6.07, 6.45) is 0.0605. The van der Waals surface area contributed by atoms with E-state index in [1.807, 2.05) is 0 Å². The summed E-state index contributed by atoms with van der Waals surface area (Å²) in [4.78, 5) is 11.7. The number of fused-ring (bicyclic) bond motifs is 2. The van der Waals surface area contributed by atoms with E-state index in [0.29, 0.717) is 11.8 Å². The van der Waals surface area contributed by atoms with E-state index in [2.05, 4.69) is 0 Å². The van der Waals surface area contributed by atoms with Crippen LogP contribution in [0.5, 0.6) is 0 Å². The van der Waals surface area contributed by atoms with Crippen LogP contribution in [0.1, 0.15) is 25.7 Å². The van der Waals surface area contributed by atoms with Crippen LogP contribution in [0, 0.1) is 17.8 Å². The molecule has 2 aliphatic carbocycles. The third-order valence-corrected chi connectivity index (χ3v) is 4.14. The summed E-state index contributed by atoms with van der Waals surface area (Å²) < 4.78 is 37.1. The zero-order valence-corrected chi connectivity index (χ0v) is 10.1. The Kier molecular flexibility index (Phi) is 3.84. The number of alkyl halides is 3. The van der Waals surface area contributed by atoms with Gasteiger partial charge in [-0.15, -0.1) is 0 Å². The van der Waals surface area contributed by atoms with E-state index in [9.17, 15) is 18.0 Å². The van der Waals surface area contributed by atoms with Crippen LogP contribution in [0.2, 0.25) is 0 Å². The second-order valence-electron chi connectivity index (χ2n) is 5.61. The topological polar surface area (TPSA) is 40.5 Å². The molecule has 0 aromatic carbocycles. The van der Waals surface area contributed by atoms with Gasteiger partial charge >= 0.3 is 12.1 Å². The Morgan fingerprint density at radius 3 is 2.44 bits per heavy atom. The van der Waals surface area contributed by atoms with Crippen LogP contribution in [-0.2, 0) is 4.79 Å². The van der Waals surface area contributed by atoms with Crippen LogP contribution >= 0.6 is 0 Å². The Morgan fingerprint density at radius 1 is 1.28 bits per heavy atom. The second-order valence-corrected chi connectivity index (χ2v) is 5.61. The predicted octanol–water partition coefficient (Wildman–Crippen LogP) is 2.37. The third-order valence-electron chi connectivity index (χ3n) is 4.14. The molecule has 104 valence electrons. The van der Waals surface area contributed by atoms with Crippen molar-refractivity contribution in [3.63, 3.8) is 0 Å². The molecule has 0 aromatic heterocycles. The molecular weight excluding hydrogens is 247 g/mol. The van der Waals surface area contributed by atoms with E-state index in [-0.39, 0.29) is 12.5 Å². The van der Waals surface area contributed by atoms with Crippen molar-refractivity contribution in [1.82, 2.24) is 4.90 Å². The van der Waals surface area contributed by atoms with Crippen molar-refractivity contribution in [2.45, 2.75) is 31.9 Å². The highest BCUT2D eigenvalue weighted by Crippen LogP contribution is 2.48.